The molecule has 0 spiro atoms. The first-order valence-corrected chi connectivity index (χ1v) is 6.06. The third-order valence-electron chi connectivity index (χ3n) is 2.45. The van der Waals surface area contributed by atoms with Crippen molar-refractivity contribution in [3.05, 3.63) is 30.4 Å². The molecule has 0 amide bonds. The van der Waals surface area contributed by atoms with E-state index in [4.69, 9.17) is 0 Å². The molecule has 2 heterocycles. The van der Waals surface area contributed by atoms with Crippen LogP contribution in [0.3, 0.4) is 0 Å². The molecule has 6 heteroatoms. The van der Waals surface area contributed by atoms with Crippen LogP contribution < -0.4 is 10.6 Å². The molecule has 0 aliphatic heterocycles. The molecular formula is C12H18N6. The highest BCUT2D eigenvalue weighted by molar-refractivity contribution is 5.41. The summed E-state index contributed by atoms with van der Waals surface area (Å²) in [5, 5.41) is 10.7. The number of aromatic nitrogens is 4. The van der Waals surface area contributed by atoms with Crippen LogP contribution >= 0.6 is 0 Å². The topological polar surface area (TPSA) is 67.7 Å². The fourth-order valence-electron chi connectivity index (χ4n) is 1.63. The molecule has 0 unspecified atom stereocenters. The Bertz CT molecular complexity index is 493. The molecule has 0 saturated carbocycles. The van der Waals surface area contributed by atoms with E-state index in [1.807, 2.05) is 26.2 Å². The number of hydrogen-bond acceptors (Lipinski definition) is 5. The van der Waals surface area contributed by atoms with E-state index in [0.29, 0.717) is 0 Å². The van der Waals surface area contributed by atoms with E-state index in [-0.39, 0.29) is 0 Å². The zero-order valence-corrected chi connectivity index (χ0v) is 10.7. The minimum Gasteiger partial charge on any atom is -0.369 e. The smallest absolute Gasteiger partial charge is 0.146 e. The van der Waals surface area contributed by atoms with E-state index in [1.54, 1.807) is 17.1 Å². The van der Waals surface area contributed by atoms with Gasteiger partial charge in [-0.05, 0) is 13.0 Å². The minimum atomic E-state index is 0.782. The molecule has 2 rings (SSSR count). The summed E-state index contributed by atoms with van der Waals surface area (Å²) in [6, 6.07) is 2.02. The molecule has 2 aromatic heterocycles. The zero-order chi connectivity index (χ0) is 12.8. The van der Waals surface area contributed by atoms with Gasteiger partial charge in [-0.25, -0.2) is 4.98 Å². The Morgan fingerprint density at radius 1 is 1.22 bits per heavy atom. The van der Waals surface area contributed by atoms with Gasteiger partial charge in [-0.3, -0.25) is 9.67 Å². The molecule has 0 fully saturated rings. The second kappa shape index (κ2) is 6.00. The van der Waals surface area contributed by atoms with Gasteiger partial charge in [0.15, 0.2) is 0 Å². The molecule has 0 atom stereocenters. The highest BCUT2D eigenvalue weighted by Gasteiger charge is 1.99. The molecule has 0 saturated heterocycles. The standard InChI is InChI=1S/C12H18N6/c1-3-14-11-8-13-9-12(16-11)15-6-4-10-5-7-18(2)17-10/h5,7-9H,3-4,6H2,1-2H3,(H2,14,15,16). The van der Waals surface area contributed by atoms with E-state index in [0.717, 1.165) is 36.8 Å². The van der Waals surface area contributed by atoms with E-state index in [1.165, 1.54) is 0 Å². The Kier molecular flexibility index (Phi) is 4.11. The van der Waals surface area contributed by atoms with E-state index in [9.17, 15) is 0 Å². The molecule has 0 aromatic carbocycles. The molecule has 96 valence electrons. The summed E-state index contributed by atoms with van der Waals surface area (Å²) < 4.78 is 1.81. The van der Waals surface area contributed by atoms with Gasteiger partial charge in [-0.15, -0.1) is 0 Å². The fourth-order valence-corrected chi connectivity index (χ4v) is 1.63. The molecular weight excluding hydrogens is 228 g/mol. The third kappa shape index (κ3) is 3.44. The van der Waals surface area contributed by atoms with Gasteiger partial charge in [0.25, 0.3) is 0 Å². The summed E-state index contributed by atoms with van der Waals surface area (Å²) in [5.41, 5.74) is 1.07. The number of anilines is 2. The van der Waals surface area contributed by atoms with Crippen LogP contribution in [0, 0.1) is 0 Å². The monoisotopic (exact) mass is 246 g/mol. The van der Waals surface area contributed by atoms with Gasteiger partial charge in [0.05, 0.1) is 18.1 Å². The molecule has 18 heavy (non-hydrogen) atoms. The first kappa shape index (κ1) is 12.3. The Balaban J connectivity index is 1.84. The van der Waals surface area contributed by atoms with Crippen molar-refractivity contribution in [2.75, 3.05) is 23.7 Å². The van der Waals surface area contributed by atoms with Gasteiger partial charge in [0, 0.05) is 32.8 Å². The average molecular weight is 246 g/mol. The van der Waals surface area contributed by atoms with Crippen molar-refractivity contribution in [2.45, 2.75) is 13.3 Å². The summed E-state index contributed by atoms with van der Waals surface area (Å²) in [7, 11) is 1.92. The lowest BCUT2D eigenvalue weighted by atomic mass is 10.3. The van der Waals surface area contributed by atoms with Crippen LogP contribution in [-0.2, 0) is 13.5 Å². The Labute approximate surface area is 106 Å². The summed E-state index contributed by atoms with van der Waals surface area (Å²) in [4.78, 5) is 8.51. The molecule has 0 aliphatic rings. The zero-order valence-electron chi connectivity index (χ0n) is 10.7. The van der Waals surface area contributed by atoms with Crippen LogP contribution in [0.4, 0.5) is 11.6 Å². The quantitative estimate of drug-likeness (QED) is 0.804. The second-order valence-electron chi connectivity index (χ2n) is 3.98. The van der Waals surface area contributed by atoms with Crippen LogP contribution in [-0.4, -0.2) is 32.8 Å². The number of nitrogens with one attached hydrogen (secondary N) is 2. The summed E-state index contributed by atoms with van der Waals surface area (Å²) >= 11 is 0. The third-order valence-corrected chi connectivity index (χ3v) is 2.45. The van der Waals surface area contributed by atoms with Crippen molar-refractivity contribution >= 4 is 11.6 Å². The van der Waals surface area contributed by atoms with E-state index >= 15 is 0 Å². The van der Waals surface area contributed by atoms with Crippen LogP contribution in [0.1, 0.15) is 12.6 Å². The molecule has 2 N–H and O–H groups in total. The summed E-state index contributed by atoms with van der Waals surface area (Å²) in [6.45, 7) is 3.66. The SMILES string of the molecule is CCNc1cncc(NCCc2ccn(C)n2)n1. The molecule has 2 aromatic rings. The fraction of sp³-hybridized carbons (Fsp3) is 0.417. The van der Waals surface area contributed by atoms with E-state index in [2.05, 4.69) is 25.7 Å². The summed E-state index contributed by atoms with van der Waals surface area (Å²) in [6.07, 6.45) is 6.25. The van der Waals surface area contributed by atoms with Gasteiger partial charge in [0.1, 0.15) is 11.6 Å². The largest absolute Gasteiger partial charge is 0.369 e. The molecule has 6 nitrogen and oxygen atoms in total. The van der Waals surface area contributed by atoms with Gasteiger partial charge in [0.2, 0.25) is 0 Å². The lowest BCUT2D eigenvalue weighted by Crippen LogP contribution is -2.09. The number of aryl methyl sites for hydroxylation is 1. The van der Waals surface area contributed by atoms with Crippen molar-refractivity contribution in [2.24, 2.45) is 7.05 Å². The Morgan fingerprint density at radius 2 is 2.00 bits per heavy atom. The minimum absolute atomic E-state index is 0.782. The number of hydrogen-bond donors (Lipinski definition) is 2. The van der Waals surface area contributed by atoms with Crippen LogP contribution in [0.15, 0.2) is 24.7 Å². The number of nitrogens with zero attached hydrogens (tertiary/aromatic N) is 4. The van der Waals surface area contributed by atoms with Crippen LogP contribution in [0.25, 0.3) is 0 Å². The average Bonchev–Trinajstić information content (AvgIpc) is 2.76. The van der Waals surface area contributed by atoms with Crippen LogP contribution in [0.2, 0.25) is 0 Å². The van der Waals surface area contributed by atoms with Crippen molar-refractivity contribution < 1.29 is 0 Å². The van der Waals surface area contributed by atoms with Gasteiger partial charge >= 0.3 is 0 Å². The highest BCUT2D eigenvalue weighted by Crippen LogP contribution is 2.06. The lowest BCUT2D eigenvalue weighted by molar-refractivity contribution is 0.742. The van der Waals surface area contributed by atoms with E-state index < -0.39 is 0 Å². The first-order valence-electron chi connectivity index (χ1n) is 6.06. The van der Waals surface area contributed by atoms with Crippen molar-refractivity contribution in [1.82, 2.24) is 19.7 Å². The summed E-state index contributed by atoms with van der Waals surface area (Å²) in [5.74, 6) is 1.57. The maximum absolute atomic E-state index is 4.39. The highest BCUT2D eigenvalue weighted by atomic mass is 15.2. The molecule has 0 aliphatic carbocycles. The predicted octanol–water partition coefficient (Wildman–Crippen LogP) is 1.30. The Hall–Kier alpha value is -2.11. The predicted molar refractivity (Wildman–Crippen MR) is 71.6 cm³/mol. The van der Waals surface area contributed by atoms with Crippen molar-refractivity contribution in [3.8, 4) is 0 Å². The van der Waals surface area contributed by atoms with Crippen molar-refractivity contribution in [3.63, 3.8) is 0 Å². The maximum atomic E-state index is 4.39. The normalized spacial score (nSPS) is 10.3. The maximum Gasteiger partial charge on any atom is 0.146 e. The van der Waals surface area contributed by atoms with Gasteiger partial charge in [-0.2, -0.15) is 5.10 Å². The van der Waals surface area contributed by atoms with Gasteiger partial charge < -0.3 is 10.6 Å². The van der Waals surface area contributed by atoms with Crippen molar-refractivity contribution in [1.29, 1.82) is 0 Å². The van der Waals surface area contributed by atoms with Gasteiger partial charge in [-0.1, -0.05) is 0 Å². The lowest BCUT2D eigenvalue weighted by Gasteiger charge is -2.06. The second-order valence-corrected chi connectivity index (χ2v) is 3.98. The van der Waals surface area contributed by atoms with Crippen LogP contribution in [0.5, 0.6) is 0 Å². The molecule has 0 bridgehead atoms. The molecule has 0 radical (unpaired) electrons. The first-order chi connectivity index (χ1) is 8.78. The number of rotatable bonds is 6. The Morgan fingerprint density at radius 3 is 2.67 bits per heavy atom.